The van der Waals surface area contributed by atoms with Crippen molar-refractivity contribution in [3.63, 3.8) is 0 Å². The van der Waals surface area contributed by atoms with Crippen molar-refractivity contribution in [1.82, 2.24) is 20.2 Å². The van der Waals surface area contributed by atoms with Crippen LogP contribution in [0.5, 0.6) is 5.75 Å². The van der Waals surface area contributed by atoms with Crippen molar-refractivity contribution >= 4 is 23.5 Å². The van der Waals surface area contributed by atoms with Gasteiger partial charge in [-0.1, -0.05) is 43.2 Å². The summed E-state index contributed by atoms with van der Waals surface area (Å²) in [5.41, 5.74) is 1.68. The number of thioether (sulfide) groups is 1. The molecule has 4 rings (SSSR count). The average molecular weight is 424 g/mol. The summed E-state index contributed by atoms with van der Waals surface area (Å²) >= 11 is 1.56. The van der Waals surface area contributed by atoms with Crippen molar-refractivity contribution < 1.29 is 9.53 Å². The van der Waals surface area contributed by atoms with Crippen molar-refractivity contribution in [2.24, 2.45) is 5.92 Å². The van der Waals surface area contributed by atoms with Crippen LogP contribution in [0.3, 0.4) is 0 Å². The summed E-state index contributed by atoms with van der Waals surface area (Å²) in [6.45, 7) is 0.673. The lowest BCUT2D eigenvalue weighted by Gasteiger charge is -2.22. The third-order valence-corrected chi connectivity index (χ3v) is 6.13. The number of benzene rings is 1. The molecule has 0 radical (unpaired) electrons. The minimum Gasteiger partial charge on any atom is -0.489 e. The Morgan fingerprint density at radius 1 is 1.13 bits per heavy atom. The molecule has 1 fully saturated rings. The van der Waals surface area contributed by atoms with E-state index in [0.29, 0.717) is 29.7 Å². The van der Waals surface area contributed by atoms with Gasteiger partial charge in [0.15, 0.2) is 16.7 Å². The van der Waals surface area contributed by atoms with Gasteiger partial charge in [-0.05, 0) is 48.6 Å². The van der Waals surface area contributed by atoms with Crippen LogP contribution in [-0.4, -0.2) is 32.7 Å². The molecule has 1 amide bonds. The smallest absolute Gasteiger partial charge is 0.256 e. The molecule has 156 valence electrons. The molecule has 0 saturated heterocycles. The highest BCUT2D eigenvalue weighted by Crippen LogP contribution is 2.27. The Bertz CT molecular complexity index is 940. The van der Waals surface area contributed by atoms with E-state index in [1.54, 1.807) is 18.0 Å². The third-order valence-electron chi connectivity index (χ3n) is 5.19. The molecule has 0 spiro atoms. The maximum atomic E-state index is 12.7. The highest BCUT2D eigenvalue weighted by molar-refractivity contribution is 7.98. The SMILES string of the molecule is O=C(Nc1ncccc1OCC1CCCCC1)c1ccc(CSc2ncn[nH]2)cc1. The lowest BCUT2D eigenvalue weighted by molar-refractivity contribution is 0.102. The number of H-pyrrole nitrogens is 1. The lowest BCUT2D eigenvalue weighted by atomic mass is 9.90. The summed E-state index contributed by atoms with van der Waals surface area (Å²) in [4.78, 5) is 21.1. The van der Waals surface area contributed by atoms with Gasteiger partial charge in [-0.2, -0.15) is 5.10 Å². The first-order valence-electron chi connectivity index (χ1n) is 10.2. The molecule has 2 N–H and O–H groups in total. The zero-order valence-electron chi connectivity index (χ0n) is 16.7. The van der Waals surface area contributed by atoms with Gasteiger partial charge >= 0.3 is 0 Å². The minimum absolute atomic E-state index is 0.203. The standard InChI is InChI=1S/C22H25N5O2S/c28-21(18-10-8-17(9-11-18)14-30-22-24-15-25-27-22)26-20-19(7-4-12-23-20)29-13-16-5-2-1-3-6-16/h4,7-12,15-16H,1-3,5-6,13-14H2,(H,23,26,28)(H,24,25,27). The molecular formula is C22H25N5O2S. The van der Waals surface area contributed by atoms with Crippen LogP contribution in [0, 0.1) is 5.92 Å². The van der Waals surface area contributed by atoms with Crippen molar-refractivity contribution in [3.8, 4) is 5.75 Å². The Morgan fingerprint density at radius 2 is 1.97 bits per heavy atom. The van der Waals surface area contributed by atoms with Crippen molar-refractivity contribution in [3.05, 3.63) is 60.0 Å². The van der Waals surface area contributed by atoms with Crippen LogP contribution in [-0.2, 0) is 5.75 Å². The first-order valence-corrected chi connectivity index (χ1v) is 11.2. The van der Waals surface area contributed by atoms with E-state index < -0.39 is 0 Å². The van der Waals surface area contributed by atoms with E-state index in [1.807, 2.05) is 36.4 Å². The van der Waals surface area contributed by atoms with Gasteiger partial charge < -0.3 is 10.1 Å². The number of nitrogens with one attached hydrogen (secondary N) is 2. The topological polar surface area (TPSA) is 92.8 Å². The van der Waals surface area contributed by atoms with Crippen LogP contribution >= 0.6 is 11.8 Å². The normalized spacial score (nSPS) is 14.4. The molecule has 2 aromatic heterocycles. The zero-order chi connectivity index (χ0) is 20.6. The largest absolute Gasteiger partial charge is 0.489 e. The summed E-state index contributed by atoms with van der Waals surface area (Å²) in [6, 6.07) is 11.2. The molecule has 1 aromatic carbocycles. The van der Waals surface area contributed by atoms with Gasteiger partial charge in [0.1, 0.15) is 6.33 Å². The average Bonchev–Trinajstić information content (AvgIpc) is 3.32. The van der Waals surface area contributed by atoms with Gasteiger partial charge in [0.25, 0.3) is 5.91 Å². The van der Waals surface area contributed by atoms with Crippen LogP contribution in [0.4, 0.5) is 5.82 Å². The second-order valence-corrected chi connectivity index (χ2v) is 8.36. The molecule has 0 unspecified atom stereocenters. The van der Waals surface area contributed by atoms with E-state index >= 15 is 0 Å². The Morgan fingerprint density at radius 3 is 2.73 bits per heavy atom. The Hall–Kier alpha value is -2.87. The van der Waals surface area contributed by atoms with E-state index in [0.717, 1.165) is 16.5 Å². The van der Waals surface area contributed by atoms with E-state index in [4.69, 9.17) is 4.74 Å². The highest BCUT2D eigenvalue weighted by Gasteiger charge is 2.16. The summed E-state index contributed by atoms with van der Waals surface area (Å²) in [6.07, 6.45) is 9.44. The number of rotatable bonds is 8. The number of carbonyl (C=O) groups excluding carboxylic acids is 1. The number of hydrogen-bond acceptors (Lipinski definition) is 6. The van der Waals surface area contributed by atoms with Crippen LogP contribution in [0.2, 0.25) is 0 Å². The monoisotopic (exact) mass is 423 g/mol. The number of aromatic amines is 1. The molecule has 7 nitrogen and oxygen atoms in total. The number of ether oxygens (including phenoxy) is 1. The second-order valence-electron chi connectivity index (χ2n) is 7.40. The fourth-order valence-electron chi connectivity index (χ4n) is 3.51. The van der Waals surface area contributed by atoms with Crippen LogP contribution in [0.15, 0.2) is 54.1 Å². The Kier molecular flexibility index (Phi) is 6.97. The van der Waals surface area contributed by atoms with Crippen molar-refractivity contribution in [1.29, 1.82) is 0 Å². The number of nitrogens with zero attached hydrogens (tertiary/aromatic N) is 3. The maximum absolute atomic E-state index is 12.7. The van der Waals surface area contributed by atoms with Crippen LogP contribution in [0.25, 0.3) is 0 Å². The van der Waals surface area contributed by atoms with Gasteiger partial charge in [-0.25, -0.2) is 9.97 Å². The number of amides is 1. The van der Waals surface area contributed by atoms with Crippen molar-refractivity contribution in [2.45, 2.75) is 43.0 Å². The fourth-order valence-corrected chi connectivity index (χ4v) is 4.24. The summed E-state index contributed by atoms with van der Waals surface area (Å²) in [7, 11) is 0. The number of pyridine rings is 1. The van der Waals surface area contributed by atoms with E-state index in [9.17, 15) is 4.79 Å². The van der Waals surface area contributed by atoms with Crippen LogP contribution < -0.4 is 10.1 Å². The molecule has 30 heavy (non-hydrogen) atoms. The van der Waals surface area contributed by atoms with E-state index in [1.165, 1.54) is 38.4 Å². The molecule has 1 saturated carbocycles. The molecule has 1 aliphatic carbocycles. The Balaban J connectivity index is 1.34. The van der Waals surface area contributed by atoms with Gasteiger partial charge in [0, 0.05) is 17.5 Å². The lowest BCUT2D eigenvalue weighted by Crippen LogP contribution is -2.17. The third kappa shape index (κ3) is 5.60. The number of aromatic nitrogens is 4. The molecule has 8 heteroatoms. The first-order chi connectivity index (χ1) is 14.8. The molecule has 2 heterocycles. The van der Waals surface area contributed by atoms with Gasteiger partial charge in [0.05, 0.1) is 6.61 Å². The quantitative estimate of drug-likeness (QED) is 0.510. The van der Waals surface area contributed by atoms with Gasteiger partial charge in [-0.3, -0.25) is 9.89 Å². The van der Waals surface area contributed by atoms with Crippen LogP contribution in [0.1, 0.15) is 48.0 Å². The maximum Gasteiger partial charge on any atom is 0.256 e. The first kappa shape index (κ1) is 20.4. The van der Waals surface area contributed by atoms with E-state index in [-0.39, 0.29) is 5.91 Å². The van der Waals surface area contributed by atoms with Gasteiger partial charge in [0.2, 0.25) is 0 Å². The van der Waals surface area contributed by atoms with Gasteiger partial charge in [-0.15, -0.1) is 0 Å². The minimum atomic E-state index is -0.203. The molecule has 1 aliphatic rings. The number of anilines is 1. The van der Waals surface area contributed by atoms with Crippen molar-refractivity contribution in [2.75, 3.05) is 11.9 Å². The second kappa shape index (κ2) is 10.2. The van der Waals surface area contributed by atoms with E-state index in [2.05, 4.69) is 25.5 Å². The molecule has 0 bridgehead atoms. The number of carbonyl (C=O) groups is 1. The predicted molar refractivity (Wildman–Crippen MR) is 117 cm³/mol. The highest BCUT2D eigenvalue weighted by atomic mass is 32.2. The Labute approximate surface area is 180 Å². The molecule has 0 atom stereocenters. The summed E-state index contributed by atoms with van der Waals surface area (Å²) < 4.78 is 6.01. The molecular weight excluding hydrogens is 398 g/mol. The fraction of sp³-hybridized carbons (Fsp3) is 0.364. The molecule has 3 aromatic rings. The summed E-state index contributed by atoms with van der Waals surface area (Å²) in [5.74, 6) is 2.21. The summed E-state index contributed by atoms with van der Waals surface area (Å²) in [5, 5.41) is 10.3. The zero-order valence-corrected chi connectivity index (χ0v) is 17.5. The molecule has 0 aliphatic heterocycles. The predicted octanol–water partition coefficient (Wildman–Crippen LogP) is 4.70. The number of hydrogen-bond donors (Lipinski definition) is 2.